The van der Waals surface area contributed by atoms with Crippen molar-refractivity contribution in [2.24, 2.45) is 0 Å². The van der Waals surface area contributed by atoms with Crippen LogP contribution in [0.4, 0.5) is 17.1 Å². The molecule has 0 amide bonds. The highest BCUT2D eigenvalue weighted by molar-refractivity contribution is 7.96. The lowest BCUT2D eigenvalue weighted by Crippen LogP contribution is -2.45. The van der Waals surface area contributed by atoms with Crippen LogP contribution in [0.1, 0.15) is 17.5 Å². The van der Waals surface area contributed by atoms with E-state index in [0.29, 0.717) is 0 Å². The SMILES string of the molecule is Cc1ccc(S(=O)(=O)C2CCNc3cc([N+](=O)[O-])ccc3N2S(=O)(=O)c2ccc(C)cc2)cc1. The Balaban J connectivity index is 1.95. The molecule has 11 heteroatoms. The third kappa shape index (κ3) is 4.24. The molecular weight excluding hydrogens is 478 g/mol. The van der Waals surface area contributed by atoms with E-state index in [1.54, 1.807) is 24.3 Å². The normalized spacial score (nSPS) is 16.3. The van der Waals surface area contributed by atoms with Crippen LogP contribution >= 0.6 is 0 Å². The van der Waals surface area contributed by atoms with Crippen LogP contribution in [0, 0.1) is 24.0 Å². The predicted molar refractivity (Wildman–Crippen MR) is 129 cm³/mol. The van der Waals surface area contributed by atoms with Crippen LogP contribution < -0.4 is 9.62 Å². The molecule has 0 spiro atoms. The number of nitrogens with one attached hydrogen (secondary N) is 1. The second-order valence-electron chi connectivity index (χ2n) is 8.10. The second kappa shape index (κ2) is 8.73. The molecule has 4 rings (SSSR count). The van der Waals surface area contributed by atoms with Gasteiger partial charge in [0.25, 0.3) is 15.7 Å². The van der Waals surface area contributed by atoms with Gasteiger partial charge in [0.2, 0.25) is 0 Å². The van der Waals surface area contributed by atoms with Gasteiger partial charge in [-0.1, -0.05) is 35.4 Å². The van der Waals surface area contributed by atoms with Gasteiger partial charge in [0, 0.05) is 25.1 Å². The average Bonchev–Trinajstić information content (AvgIpc) is 2.99. The molecule has 1 unspecified atom stereocenters. The molecule has 0 saturated heterocycles. The number of benzene rings is 3. The fourth-order valence-electron chi connectivity index (χ4n) is 3.85. The Bertz CT molecular complexity index is 1450. The van der Waals surface area contributed by atoms with Crippen LogP contribution in [0.3, 0.4) is 0 Å². The number of sulfonamides is 1. The van der Waals surface area contributed by atoms with E-state index in [0.717, 1.165) is 15.4 Å². The number of hydrogen-bond acceptors (Lipinski definition) is 7. The number of nitro benzene ring substituents is 1. The Hall–Kier alpha value is -3.44. The maximum absolute atomic E-state index is 13.9. The minimum atomic E-state index is -4.35. The van der Waals surface area contributed by atoms with E-state index in [4.69, 9.17) is 0 Å². The minimum absolute atomic E-state index is 0.00225. The lowest BCUT2D eigenvalue weighted by atomic mass is 10.2. The molecule has 1 N–H and O–H groups in total. The fourth-order valence-corrected chi connectivity index (χ4v) is 7.69. The van der Waals surface area contributed by atoms with E-state index < -0.39 is 30.2 Å². The van der Waals surface area contributed by atoms with Gasteiger partial charge in [-0.25, -0.2) is 21.1 Å². The monoisotopic (exact) mass is 501 g/mol. The molecule has 0 aromatic heterocycles. The number of rotatable bonds is 5. The summed E-state index contributed by atoms with van der Waals surface area (Å²) in [6.45, 7) is 3.73. The van der Waals surface area contributed by atoms with Gasteiger partial charge in [-0.2, -0.15) is 0 Å². The Morgan fingerprint density at radius 3 is 2.00 bits per heavy atom. The summed E-state index contributed by atoms with van der Waals surface area (Å²) in [7, 11) is -8.50. The highest BCUT2D eigenvalue weighted by Crippen LogP contribution is 2.40. The Labute approximate surface area is 198 Å². The molecule has 3 aromatic rings. The molecule has 1 aliphatic heterocycles. The molecule has 0 aliphatic carbocycles. The van der Waals surface area contributed by atoms with Gasteiger partial charge in [-0.3, -0.25) is 10.1 Å². The molecule has 0 fully saturated rings. The Kier molecular flexibility index (Phi) is 6.09. The number of non-ortho nitro benzene ring substituents is 1. The van der Waals surface area contributed by atoms with Crippen LogP contribution in [0.2, 0.25) is 0 Å². The summed E-state index contributed by atoms with van der Waals surface area (Å²) in [5.74, 6) is 0. The summed E-state index contributed by atoms with van der Waals surface area (Å²) < 4.78 is 56.1. The highest BCUT2D eigenvalue weighted by Gasteiger charge is 2.43. The Morgan fingerprint density at radius 2 is 1.44 bits per heavy atom. The number of aryl methyl sites for hydroxylation is 2. The standard InChI is InChI=1S/C23H23N3O6S2/c1-16-3-8-19(9-4-16)33(29,30)23-13-14-24-21-15-18(26(27)28)7-12-22(21)25(23)34(31,32)20-10-5-17(2)6-11-20/h3-12,15,23-24H,13-14H2,1-2H3. The number of nitro groups is 1. The summed E-state index contributed by atoms with van der Waals surface area (Å²) >= 11 is 0. The minimum Gasteiger partial charge on any atom is -0.383 e. The molecule has 1 atom stereocenters. The summed E-state index contributed by atoms with van der Waals surface area (Å²) in [6, 6.07) is 16.0. The van der Waals surface area contributed by atoms with E-state index >= 15 is 0 Å². The molecule has 178 valence electrons. The second-order valence-corrected chi connectivity index (χ2v) is 12.0. The van der Waals surface area contributed by atoms with E-state index in [1.807, 2.05) is 13.8 Å². The van der Waals surface area contributed by atoms with Crippen molar-refractivity contribution in [2.45, 2.75) is 35.4 Å². The third-order valence-electron chi connectivity index (χ3n) is 5.68. The molecule has 0 saturated carbocycles. The molecule has 1 heterocycles. The first-order chi connectivity index (χ1) is 16.0. The van der Waals surface area contributed by atoms with Crippen molar-refractivity contribution in [3.8, 4) is 0 Å². The molecule has 9 nitrogen and oxygen atoms in total. The van der Waals surface area contributed by atoms with E-state index in [1.165, 1.54) is 42.5 Å². The van der Waals surface area contributed by atoms with Crippen molar-refractivity contribution in [2.75, 3.05) is 16.2 Å². The van der Waals surface area contributed by atoms with Gasteiger partial charge in [-0.05, 0) is 44.2 Å². The summed E-state index contributed by atoms with van der Waals surface area (Å²) in [4.78, 5) is 10.6. The van der Waals surface area contributed by atoms with Crippen LogP contribution in [-0.2, 0) is 19.9 Å². The quantitative estimate of drug-likeness (QED) is 0.413. The van der Waals surface area contributed by atoms with Crippen molar-refractivity contribution in [1.29, 1.82) is 0 Å². The van der Waals surface area contributed by atoms with Gasteiger partial charge in [-0.15, -0.1) is 0 Å². The van der Waals surface area contributed by atoms with Crippen LogP contribution in [-0.4, -0.2) is 33.7 Å². The molecule has 3 aromatic carbocycles. The van der Waals surface area contributed by atoms with Crippen molar-refractivity contribution in [1.82, 2.24) is 0 Å². The average molecular weight is 502 g/mol. The van der Waals surface area contributed by atoms with Crippen LogP contribution in [0.15, 0.2) is 76.5 Å². The summed E-state index contributed by atoms with van der Waals surface area (Å²) in [6.07, 6.45) is -0.0657. The van der Waals surface area contributed by atoms with E-state index in [9.17, 15) is 26.9 Å². The van der Waals surface area contributed by atoms with Gasteiger partial charge < -0.3 is 5.32 Å². The smallest absolute Gasteiger partial charge is 0.271 e. The number of sulfone groups is 1. The van der Waals surface area contributed by atoms with Crippen molar-refractivity contribution >= 4 is 36.9 Å². The molecule has 0 radical (unpaired) electrons. The first kappa shape index (κ1) is 23.7. The zero-order chi connectivity index (χ0) is 24.7. The van der Waals surface area contributed by atoms with E-state index in [2.05, 4.69) is 5.32 Å². The largest absolute Gasteiger partial charge is 0.383 e. The van der Waals surface area contributed by atoms with Crippen LogP contribution in [0.5, 0.6) is 0 Å². The summed E-state index contributed by atoms with van der Waals surface area (Å²) in [5.41, 5.74) is 1.68. The number of hydrogen-bond donors (Lipinski definition) is 1. The Morgan fingerprint density at radius 1 is 0.882 bits per heavy atom. The molecular formula is C23H23N3O6S2. The van der Waals surface area contributed by atoms with Gasteiger partial charge in [0.05, 0.1) is 26.1 Å². The van der Waals surface area contributed by atoms with Crippen molar-refractivity contribution in [3.05, 3.63) is 88.0 Å². The third-order valence-corrected chi connectivity index (χ3v) is 9.74. The van der Waals surface area contributed by atoms with Crippen molar-refractivity contribution < 1.29 is 21.8 Å². The lowest BCUT2D eigenvalue weighted by Gasteiger charge is -2.31. The van der Waals surface area contributed by atoms with Crippen molar-refractivity contribution in [3.63, 3.8) is 0 Å². The lowest BCUT2D eigenvalue weighted by molar-refractivity contribution is -0.384. The topological polar surface area (TPSA) is 127 Å². The maximum atomic E-state index is 13.9. The first-order valence-electron chi connectivity index (χ1n) is 10.5. The first-order valence-corrected chi connectivity index (χ1v) is 13.4. The highest BCUT2D eigenvalue weighted by atomic mass is 32.2. The van der Waals surface area contributed by atoms with Gasteiger partial charge in [0.1, 0.15) is 0 Å². The zero-order valence-corrected chi connectivity index (χ0v) is 20.1. The zero-order valence-electron chi connectivity index (χ0n) is 18.5. The van der Waals surface area contributed by atoms with Gasteiger partial charge in [0.15, 0.2) is 15.2 Å². The van der Waals surface area contributed by atoms with Crippen LogP contribution in [0.25, 0.3) is 0 Å². The number of anilines is 2. The molecule has 0 bridgehead atoms. The van der Waals surface area contributed by atoms with E-state index in [-0.39, 0.29) is 39.8 Å². The maximum Gasteiger partial charge on any atom is 0.271 e. The fraction of sp³-hybridized carbons (Fsp3) is 0.217. The van der Waals surface area contributed by atoms with Gasteiger partial charge >= 0.3 is 0 Å². The molecule has 1 aliphatic rings. The molecule has 34 heavy (non-hydrogen) atoms. The number of fused-ring (bicyclic) bond motifs is 1. The predicted octanol–water partition coefficient (Wildman–Crippen LogP) is 4.02. The summed E-state index contributed by atoms with van der Waals surface area (Å²) in [5, 5.41) is 12.8. The number of nitrogens with zero attached hydrogens (tertiary/aromatic N) is 2.